The Balaban J connectivity index is 3.50. The fourth-order valence-corrected chi connectivity index (χ4v) is 0.742. The quantitative estimate of drug-likeness (QED) is 0.562. The van der Waals surface area contributed by atoms with Crippen molar-refractivity contribution in [2.75, 3.05) is 7.11 Å². The minimum absolute atomic E-state index is 0.0324. The number of aliphatic carboxylic acids is 1. The minimum Gasteiger partial charge on any atom is -0.481 e. The summed E-state index contributed by atoms with van der Waals surface area (Å²) in [6.45, 7) is 0. The van der Waals surface area contributed by atoms with E-state index in [-0.39, 0.29) is 6.42 Å². The van der Waals surface area contributed by atoms with E-state index < -0.39 is 18.0 Å². The van der Waals surface area contributed by atoms with Crippen LogP contribution in [0.15, 0.2) is 0 Å². The summed E-state index contributed by atoms with van der Waals surface area (Å²) < 4.78 is 4.36. The maximum atomic E-state index is 10.7. The van der Waals surface area contributed by atoms with Crippen molar-refractivity contribution in [3.8, 4) is 0 Å². The minimum atomic E-state index is -0.882. The topological polar surface area (TPSA) is 89.6 Å². The molecule has 70 valence electrons. The lowest BCUT2D eigenvalue weighted by Gasteiger charge is -2.06. The first-order chi connectivity index (χ1) is 5.57. The number of carbonyl (C=O) groups excluding carboxylic acids is 1. The van der Waals surface area contributed by atoms with Gasteiger partial charge in [-0.05, 0) is 12.8 Å². The van der Waals surface area contributed by atoms with Crippen LogP contribution in [0.25, 0.3) is 0 Å². The molecule has 0 saturated carbocycles. The van der Waals surface area contributed by atoms with Crippen LogP contribution in [0.1, 0.15) is 19.3 Å². The Bertz CT molecular complexity index is 169. The smallest absolute Gasteiger partial charge is 0.322 e. The van der Waals surface area contributed by atoms with Gasteiger partial charge in [0.25, 0.3) is 0 Å². The zero-order valence-electron chi connectivity index (χ0n) is 6.95. The number of hydrogen-bond donors (Lipinski definition) is 2. The third-order valence-electron chi connectivity index (χ3n) is 1.41. The molecule has 0 heterocycles. The van der Waals surface area contributed by atoms with Crippen LogP contribution < -0.4 is 5.73 Å². The lowest BCUT2D eigenvalue weighted by atomic mass is 10.1. The molecule has 5 heteroatoms. The molecule has 0 bridgehead atoms. The lowest BCUT2D eigenvalue weighted by molar-refractivity contribution is -0.143. The van der Waals surface area contributed by atoms with E-state index in [1.165, 1.54) is 7.11 Å². The molecule has 0 saturated heterocycles. The van der Waals surface area contributed by atoms with E-state index >= 15 is 0 Å². The lowest BCUT2D eigenvalue weighted by Crippen LogP contribution is -2.31. The Kier molecular flexibility index (Phi) is 5.03. The largest absolute Gasteiger partial charge is 0.481 e. The first-order valence-electron chi connectivity index (χ1n) is 3.63. The van der Waals surface area contributed by atoms with Gasteiger partial charge in [0.1, 0.15) is 6.04 Å². The molecule has 3 N–H and O–H groups in total. The summed E-state index contributed by atoms with van der Waals surface area (Å²) in [5.74, 6) is -1.38. The Hall–Kier alpha value is -1.10. The summed E-state index contributed by atoms with van der Waals surface area (Å²) in [5, 5.41) is 8.27. The van der Waals surface area contributed by atoms with Crippen LogP contribution >= 0.6 is 0 Å². The van der Waals surface area contributed by atoms with Crippen LogP contribution in [0.4, 0.5) is 0 Å². The molecule has 0 aliphatic rings. The average molecular weight is 175 g/mol. The van der Waals surface area contributed by atoms with Gasteiger partial charge in [-0.25, -0.2) is 0 Å². The number of esters is 1. The normalized spacial score (nSPS) is 12.2. The van der Waals surface area contributed by atoms with Crippen molar-refractivity contribution in [1.82, 2.24) is 0 Å². The summed E-state index contributed by atoms with van der Waals surface area (Å²) >= 11 is 0. The van der Waals surface area contributed by atoms with Gasteiger partial charge in [0.15, 0.2) is 0 Å². The van der Waals surface area contributed by atoms with E-state index in [1.807, 2.05) is 0 Å². The van der Waals surface area contributed by atoms with Crippen molar-refractivity contribution in [1.29, 1.82) is 0 Å². The van der Waals surface area contributed by atoms with Crippen molar-refractivity contribution in [2.24, 2.45) is 5.73 Å². The summed E-state index contributed by atoms with van der Waals surface area (Å²) in [4.78, 5) is 20.8. The Labute approximate surface area is 70.5 Å². The fourth-order valence-electron chi connectivity index (χ4n) is 0.742. The Morgan fingerprint density at radius 2 is 2.17 bits per heavy atom. The molecule has 0 aliphatic heterocycles. The van der Waals surface area contributed by atoms with Gasteiger partial charge in [0.2, 0.25) is 0 Å². The SMILES string of the molecule is COC(=O)[C@@H](N)CCCC(=O)O. The second-order valence-corrected chi connectivity index (χ2v) is 2.42. The van der Waals surface area contributed by atoms with Gasteiger partial charge in [0, 0.05) is 6.42 Å². The van der Waals surface area contributed by atoms with Crippen LogP contribution in [-0.4, -0.2) is 30.2 Å². The standard InChI is InChI=1S/C7H13NO4/c1-12-7(11)5(8)3-2-4-6(9)10/h5H,2-4,8H2,1H3,(H,9,10)/t5-/m0/s1. The first-order valence-corrected chi connectivity index (χ1v) is 3.63. The highest BCUT2D eigenvalue weighted by molar-refractivity contribution is 5.75. The molecule has 0 aliphatic carbocycles. The number of carboxylic acid groups (broad SMARTS) is 1. The van der Waals surface area contributed by atoms with Crippen molar-refractivity contribution >= 4 is 11.9 Å². The van der Waals surface area contributed by atoms with Gasteiger partial charge in [-0.3, -0.25) is 9.59 Å². The number of hydrogen-bond acceptors (Lipinski definition) is 4. The number of carboxylic acids is 1. The second-order valence-electron chi connectivity index (χ2n) is 2.42. The molecule has 5 nitrogen and oxygen atoms in total. The molecule has 0 fully saturated rings. The van der Waals surface area contributed by atoms with Gasteiger partial charge < -0.3 is 15.6 Å². The van der Waals surface area contributed by atoms with Gasteiger partial charge in [-0.1, -0.05) is 0 Å². The molecule has 1 atom stereocenters. The predicted molar refractivity (Wildman–Crippen MR) is 41.5 cm³/mol. The number of nitrogens with two attached hydrogens (primary N) is 1. The van der Waals surface area contributed by atoms with E-state index in [4.69, 9.17) is 10.8 Å². The fraction of sp³-hybridized carbons (Fsp3) is 0.714. The van der Waals surface area contributed by atoms with E-state index in [0.717, 1.165) is 0 Å². The highest BCUT2D eigenvalue weighted by Crippen LogP contribution is 1.99. The summed E-state index contributed by atoms with van der Waals surface area (Å²) in [5.41, 5.74) is 5.35. The monoisotopic (exact) mass is 175 g/mol. The molecule has 0 spiro atoms. The van der Waals surface area contributed by atoms with Crippen molar-refractivity contribution < 1.29 is 19.4 Å². The Morgan fingerprint density at radius 1 is 1.58 bits per heavy atom. The molecule has 0 rings (SSSR count). The molecule has 0 radical (unpaired) electrons. The van der Waals surface area contributed by atoms with E-state index in [1.54, 1.807) is 0 Å². The zero-order valence-corrected chi connectivity index (χ0v) is 6.95. The highest BCUT2D eigenvalue weighted by Gasteiger charge is 2.13. The number of methoxy groups -OCH3 is 1. The highest BCUT2D eigenvalue weighted by atomic mass is 16.5. The first kappa shape index (κ1) is 10.9. The molecule has 0 aromatic heterocycles. The summed E-state index contributed by atoms with van der Waals surface area (Å²) in [6.07, 6.45) is 0.773. The maximum absolute atomic E-state index is 10.7. The summed E-state index contributed by atoms with van der Waals surface area (Å²) in [6, 6.07) is -0.700. The van der Waals surface area contributed by atoms with Gasteiger partial charge >= 0.3 is 11.9 Å². The van der Waals surface area contributed by atoms with Crippen LogP contribution in [0.5, 0.6) is 0 Å². The third kappa shape index (κ3) is 4.68. The zero-order chi connectivity index (χ0) is 9.56. The van der Waals surface area contributed by atoms with Crippen LogP contribution in [-0.2, 0) is 14.3 Å². The molecular formula is C7H13NO4. The number of rotatable bonds is 5. The van der Waals surface area contributed by atoms with Gasteiger partial charge in [-0.15, -0.1) is 0 Å². The molecule has 0 unspecified atom stereocenters. The summed E-state index contributed by atoms with van der Waals surface area (Å²) in [7, 11) is 1.25. The van der Waals surface area contributed by atoms with Crippen molar-refractivity contribution in [3.05, 3.63) is 0 Å². The Morgan fingerprint density at radius 3 is 2.58 bits per heavy atom. The van der Waals surface area contributed by atoms with E-state index in [2.05, 4.69) is 4.74 Å². The third-order valence-corrected chi connectivity index (χ3v) is 1.41. The van der Waals surface area contributed by atoms with Crippen LogP contribution in [0, 0.1) is 0 Å². The van der Waals surface area contributed by atoms with Gasteiger partial charge in [-0.2, -0.15) is 0 Å². The number of ether oxygens (including phenoxy) is 1. The van der Waals surface area contributed by atoms with Crippen molar-refractivity contribution in [2.45, 2.75) is 25.3 Å². The van der Waals surface area contributed by atoms with Crippen LogP contribution in [0.2, 0.25) is 0 Å². The molecule has 0 aromatic rings. The molecule has 0 aromatic carbocycles. The maximum Gasteiger partial charge on any atom is 0.322 e. The number of carbonyl (C=O) groups is 2. The average Bonchev–Trinajstić information content (AvgIpc) is 2.02. The van der Waals surface area contributed by atoms with E-state index in [0.29, 0.717) is 12.8 Å². The van der Waals surface area contributed by atoms with Crippen molar-refractivity contribution in [3.63, 3.8) is 0 Å². The molecule has 12 heavy (non-hydrogen) atoms. The van der Waals surface area contributed by atoms with Crippen LogP contribution in [0.3, 0.4) is 0 Å². The van der Waals surface area contributed by atoms with E-state index in [9.17, 15) is 9.59 Å². The van der Waals surface area contributed by atoms with Gasteiger partial charge in [0.05, 0.1) is 7.11 Å². The molecule has 0 amide bonds. The molecular weight excluding hydrogens is 162 g/mol. The second kappa shape index (κ2) is 5.54. The predicted octanol–water partition coefficient (Wildman–Crippen LogP) is -0.258.